The number of ether oxygens (including phenoxy) is 1. The van der Waals surface area contributed by atoms with Gasteiger partial charge >= 0.3 is 5.97 Å². The molecule has 2 N–H and O–H groups in total. The number of alkyl halides is 1. The first-order chi connectivity index (χ1) is 9.46. The summed E-state index contributed by atoms with van der Waals surface area (Å²) in [5, 5.41) is 20.8. The molecule has 0 aromatic carbocycles. The van der Waals surface area contributed by atoms with Crippen molar-refractivity contribution in [2.45, 2.75) is 81.5 Å². The molecule has 21 heavy (non-hydrogen) atoms. The second-order valence-electron chi connectivity index (χ2n) is 7.27. The first-order valence-electron chi connectivity index (χ1n) is 7.76. The summed E-state index contributed by atoms with van der Waals surface area (Å²) in [6.07, 6.45) is 2.72. The Balaban J connectivity index is 2.78. The zero-order chi connectivity index (χ0) is 16.4. The second-order valence-corrected chi connectivity index (χ2v) is 8.77. The topological polar surface area (TPSA) is 66.8 Å². The molecule has 0 spiro atoms. The maximum Gasteiger partial charge on any atom is 0.319 e. The molecule has 1 rings (SSSR count). The predicted molar refractivity (Wildman–Crippen MR) is 91.4 cm³/mol. The summed E-state index contributed by atoms with van der Waals surface area (Å²) in [5.74, 6) is -0.244. The third-order valence-electron chi connectivity index (χ3n) is 4.51. The van der Waals surface area contributed by atoms with Crippen LogP contribution in [0.25, 0.3) is 0 Å². The summed E-state index contributed by atoms with van der Waals surface area (Å²) < 4.78 is 5.48. The molecule has 1 aliphatic carbocycles. The van der Waals surface area contributed by atoms with Crippen molar-refractivity contribution >= 4 is 28.6 Å². The van der Waals surface area contributed by atoms with Crippen LogP contribution in [0.4, 0.5) is 0 Å². The van der Waals surface area contributed by atoms with Crippen LogP contribution in [0.5, 0.6) is 0 Å². The molecule has 4 atom stereocenters. The van der Waals surface area contributed by atoms with Crippen LogP contribution in [0.3, 0.4) is 0 Å². The molecule has 124 valence electrons. The quantitative estimate of drug-likeness (QED) is 0.414. The number of hydrogen-bond acceptors (Lipinski definition) is 4. The van der Waals surface area contributed by atoms with E-state index in [2.05, 4.69) is 22.6 Å². The van der Waals surface area contributed by atoms with Crippen LogP contribution < -0.4 is 0 Å². The Morgan fingerprint density at radius 1 is 1.19 bits per heavy atom. The number of rotatable bonds is 5. The highest BCUT2D eigenvalue weighted by molar-refractivity contribution is 14.1. The van der Waals surface area contributed by atoms with Crippen LogP contribution in [-0.2, 0) is 9.53 Å². The number of carbonyl (C=O) groups is 1. The van der Waals surface area contributed by atoms with Gasteiger partial charge < -0.3 is 14.9 Å². The standard InChI is InChI=1S/C16H29IO4/c1-6-13(17)14(18)21-10-7-8-11(15(2,3)19)12(9-10)16(4,5)20/h10-13,19-20H,6-9H2,1-5H3. The van der Waals surface area contributed by atoms with Crippen molar-refractivity contribution in [1.29, 1.82) is 0 Å². The largest absolute Gasteiger partial charge is 0.462 e. The zero-order valence-electron chi connectivity index (χ0n) is 13.7. The summed E-state index contributed by atoms with van der Waals surface area (Å²) in [6.45, 7) is 9.09. The summed E-state index contributed by atoms with van der Waals surface area (Å²) >= 11 is 2.10. The van der Waals surface area contributed by atoms with E-state index in [-0.39, 0.29) is 27.8 Å². The van der Waals surface area contributed by atoms with Gasteiger partial charge in [-0.1, -0.05) is 29.5 Å². The van der Waals surface area contributed by atoms with Gasteiger partial charge in [-0.05, 0) is 65.2 Å². The molecule has 5 heteroatoms. The first kappa shape index (κ1) is 19.2. The van der Waals surface area contributed by atoms with Crippen molar-refractivity contribution in [1.82, 2.24) is 0 Å². The van der Waals surface area contributed by atoms with E-state index in [1.54, 1.807) is 27.7 Å². The van der Waals surface area contributed by atoms with E-state index >= 15 is 0 Å². The van der Waals surface area contributed by atoms with E-state index < -0.39 is 11.2 Å². The monoisotopic (exact) mass is 412 g/mol. The van der Waals surface area contributed by atoms with Gasteiger partial charge in [0.05, 0.1) is 11.2 Å². The Hall–Kier alpha value is 0.120. The van der Waals surface area contributed by atoms with Gasteiger partial charge in [0, 0.05) is 0 Å². The molecule has 0 amide bonds. The highest BCUT2D eigenvalue weighted by Gasteiger charge is 2.45. The Kier molecular flexibility index (Phi) is 6.51. The molecule has 1 aliphatic rings. The molecule has 0 heterocycles. The highest BCUT2D eigenvalue weighted by Crippen LogP contribution is 2.43. The van der Waals surface area contributed by atoms with E-state index in [1.165, 1.54) is 0 Å². The second kappa shape index (κ2) is 7.13. The lowest BCUT2D eigenvalue weighted by Crippen LogP contribution is -2.50. The van der Waals surface area contributed by atoms with Crippen molar-refractivity contribution in [3.8, 4) is 0 Å². The van der Waals surface area contributed by atoms with Crippen LogP contribution in [0.15, 0.2) is 0 Å². The molecule has 0 aromatic rings. The van der Waals surface area contributed by atoms with Crippen molar-refractivity contribution in [3.05, 3.63) is 0 Å². The molecule has 0 saturated heterocycles. The Labute approximate surface area is 141 Å². The van der Waals surface area contributed by atoms with Gasteiger partial charge in [0.15, 0.2) is 0 Å². The normalized spacial score (nSPS) is 29.0. The average Bonchev–Trinajstić information content (AvgIpc) is 2.35. The first-order valence-corrected chi connectivity index (χ1v) is 9.00. The van der Waals surface area contributed by atoms with Crippen LogP contribution in [0.2, 0.25) is 0 Å². The smallest absolute Gasteiger partial charge is 0.319 e. The van der Waals surface area contributed by atoms with E-state index in [9.17, 15) is 15.0 Å². The van der Waals surface area contributed by atoms with Crippen LogP contribution in [-0.4, -0.2) is 37.4 Å². The Morgan fingerprint density at radius 3 is 2.14 bits per heavy atom. The molecular formula is C16H29IO4. The predicted octanol–water partition coefficient (Wildman–Crippen LogP) is 3.07. The molecule has 0 bridgehead atoms. The van der Waals surface area contributed by atoms with Crippen molar-refractivity contribution in [3.63, 3.8) is 0 Å². The van der Waals surface area contributed by atoms with E-state index in [1.807, 2.05) is 6.92 Å². The van der Waals surface area contributed by atoms with Gasteiger partial charge in [0.25, 0.3) is 0 Å². The van der Waals surface area contributed by atoms with E-state index in [0.717, 1.165) is 19.3 Å². The summed E-state index contributed by atoms with van der Waals surface area (Å²) in [5.41, 5.74) is -1.74. The molecule has 0 aromatic heterocycles. The zero-order valence-corrected chi connectivity index (χ0v) is 15.9. The van der Waals surface area contributed by atoms with Crippen molar-refractivity contribution in [2.75, 3.05) is 0 Å². The van der Waals surface area contributed by atoms with Crippen LogP contribution in [0, 0.1) is 11.8 Å². The number of hydrogen-bond donors (Lipinski definition) is 2. The van der Waals surface area contributed by atoms with Gasteiger partial charge in [0.2, 0.25) is 0 Å². The van der Waals surface area contributed by atoms with Crippen molar-refractivity contribution in [2.24, 2.45) is 11.8 Å². The fourth-order valence-electron chi connectivity index (χ4n) is 3.27. The molecule has 1 saturated carbocycles. The number of halogens is 1. The van der Waals surface area contributed by atoms with Gasteiger partial charge in [-0.15, -0.1) is 0 Å². The third kappa shape index (κ3) is 5.36. The number of carbonyl (C=O) groups excluding carboxylic acids is 1. The van der Waals surface area contributed by atoms with Crippen molar-refractivity contribution < 1.29 is 19.7 Å². The molecule has 1 fully saturated rings. The van der Waals surface area contributed by atoms with Crippen LogP contribution in [0.1, 0.15) is 60.3 Å². The summed E-state index contributed by atoms with van der Waals surface area (Å²) in [6, 6.07) is 0. The van der Waals surface area contributed by atoms with Gasteiger partial charge in [0.1, 0.15) is 10.0 Å². The van der Waals surface area contributed by atoms with Gasteiger partial charge in [-0.3, -0.25) is 4.79 Å². The minimum atomic E-state index is -0.899. The Morgan fingerprint density at radius 2 is 1.71 bits per heavy atom. The molecule has 4 nitrogen and oxygen atoms in total. The number of esters is 1. The van der Waals surface area contributed by atoms with Gasteiger partial charge in [-0.25, -0.2) is 0 Å². The molecule has 0 radical (unpaired) electrons. The fraction of sp³-hybridized carbons (Fsp3) is 0.938. The van der Waals surface area contributed by atoms with E-state index in [0.29, 0.717) is 6.42 Å². The lowest BCUT2D eigenvalue weighted by Gasteiger charge is -2.46. The number of aliphatic hydroxyl groups is 2. The highest BCUT2D eigenvalue weighted by atomic mass is 127. The molecule has 0 aliphatic heterocycles. The summed E-state index contributed by atoms with van der Waals surface area (Å²) in [4.78, 5) is 11.9. The minimum Gasteiger partial charge on any atom is -0.462 e. The fourth-order valence-corrected chi connectivity index (χ4v) is 3.42. The Bertz CT molecular complexity index is 356. The van der Waals surface area contributed by atoms with Gasteiger partial charge in [-0.2, -0.15) is 0 Å². The lowest BCUT2D eigenvalue weighted by molar-refractivity contribution is -0.159. The average molecular weight is 412 g/mol. The maximum atomic E-state index is 11.9. The minimum absolute atomic E-state index is 0.00836. The third-order valence-corrected chi connectivity index (χ3v) is 5.90. The molecule has 4 unspecified atom stereocenters. The maximum absolute atomic E-state index is 11.9. The lowest BCUT2D eigenvalue weighted by atomic mass is 9.65. The van der Waals surface area contributed by atoms with Crippen LogP contribution >= 0.6 is 22.6 Å². The summed E-state index contributed by atoms with van der Waals surface area (Å²) in [7, 11) is 0. The molecular weight excluding hydrogens is 383 g/mol. The SMILES string of the molecule is CCC(I)C(=O)OC1CCC(C(C)(C)O)C(C(C)(C)O)C1. The van der Waals surface area contributed by atoms with E-state index in [4.69, 9.17) is 4.74 Å².